The second kappa shape index (κ2) is 5.75. The van der Waals surface area contributed by atoms with Gasteiger partial charge in [-0.1, -0.05) is 19.1 Å². The molecule has 5 heteroatoms. The van der Waals surface area contributed by atoms with Gasteiger partial charge in [-0.2, -0.15) is 0 Å². The number of nitrogens with two attached hydrogens (primary N) is 1. The summed E-state index contributed by atoms with van der Waals surface area (Å²) >= 11 is 5.11. The Labute approximate surface area is 121 Å². The van der Waals surface area contributed by atoms with E-state index in [4.69, 9.17) is 18.0 Å². The molecule has 2 fully saturated rings. The number of rotatable bonds is 4. The fourth-order valence-electron chi connectivity index (χ4n) is 3.47. The summed E-state index contributed by atoms with van der Waals surface area (Å²) in [6.45, 7) is 5.12. The largest absolute Gasteiger partial charge is 0.392 e. The Morgan fingerprint density at radius 1 is 1.53 bits per heavy atom. The van der Waals surface area contributed by atoms with Gasteiger partial charge in [-0.05, 0) is 51.1 Å². The Kier molecular flexibility index (Phi) is 4.46. The van der Waals surface area contributed by atoms with Crippen molar-refractivity contribution in [3.8, 4) is 0 Å². The van der Waals surface area contributed by atoms with E-state index in [0.29, 0.717) is 16.8 Å². The molecule has 0 spiro atoms. The molecular formula is C14H25N3OS. The van der Waals surface area contributed by atoms with Crippen LogP contribution in [-0.4, -0.2) is 42.5 Å². The molecule has 0 aromatic heterocycles. The molecule has 0 aromatic rings. The van der Waals surface area contributed by atoms with Crippen molar-refractivity contribution in [3.63, 3.8) is 0 Å². The smallest absolute Gasteiger partial charge is 0.233 e. The summed E-state index contributed by atoms with van der Waals surface area (Å²) in [5.41, 5.74) is 5.23. The first-order valence-electron chi connectivity index (χ1n) is 7.21. The fourth-order valence-corrected chi connectivity index (χ4v) is 3.73. The number of thiocarbonyl (C=S) groups is 1. The molecule has 1 unspecified atom stereocenters. The third-order valence-electron chi connectivity index (χ3n) is 4.57. The van der Waals surface area contributed by atoms with Crippen LogP contribution in [-0.2, 0) is 4.79 Å². The maximum Gasteiger partial charge on any atom is 0.233 e. The molecule has 1 aliphatic carbocycles. The van der Waals surface area contributed by atoms with Crippen molar-refractivity contribution in [2.75, 3.05) is 26.7 Å². The third kappa shape index (κ3) is 3.08. The number of carbonyl (C=O) groups excluding carboxylic acids is 1. The highest BCUT2D eigenvalue weighted by Gasteiger charge is 2.50. The highest BCUT2D eigenvalue weighted by Crippen LogP contribution is 2.45. The number of nitrogens with one attached hydrogen (secondary N) is 1. The summed E-state index contributed by atoms with van der Waals surface area (Å²) in [5.74, 6) is 1.16. The number of nitrogens with zero attached hydrogens (tertiary/aromatic N) is 1. The lowest BCUT2D eigenvalue weighted by molar-refractivity contribution is -0.133. The Balaban J connectivity index is 1.85. The van der Waals surface area contributed by atoms with Crippen LogP contribution in [0.5, 0.6) is 0 Å². The van der Waals surface area contributed by atoms with E-state index in [-0.39, 0.29) is 5.91 Å². The standard InChI is InChI=1S/C14H25N3OS/c1-10-6-14(7-10,12(15)19)13(18)16-8-11-4-3-5-17(2)9-11/h10-11H,3-9H2,1-2H3,(H2,15,19)(H,16,18). The molecule has 0 radical (unpaired) electrons. The van der Waals surface area contributed by atoms with Gasteiger partial charge in [0.1, 0.15) is 0 Å². The van der Waals surface area contributed by atoms with Crippen LogP contribution in [0.4, 0.5) is 0 Å². The molecular weight excluding hydrogens is 258 g/mol. The average Bonchev–Trinajstić information content (AvgIpc) is 2.31. The minimum atomic E-state index is -0.560. The summed E-state index contributed by atoms with van der Waals surface area (Å²) < 4.78 is 0. The number of hydrogen-bond donors (Lipinski definition) is 2. The van der Waals surface area contributed by atoms with Crippen molar-refractivity contribution < 1.29 is 4.79 Å². The van der Waals surface area contributed by atoms with E-state index >= 15 is 0 Å². The minimum absolute atomic E-state index is 0.0475. The highest BCUT2D eigenvalue weighted by molar-refractivity contribution is 7.80. The van der Waals surface area contributed by atoms with Crippen LogP contribution in [0.15, 0.2) is 0 Å². The van der Waals surface area contributed by atoms with Crippen LogP contribution in [0.1, 0.15) is 32.6 Å². The summed E-state index contributed by atoms with van der Waals surface area (Å²) in [6, 6.07) is 0. The van der Waals surface area contributed by atoms with Crippen molar-refractivity contribution in [2.24, 2.45) is 23.0 Å². The van der Waals surface area contributed by atoms with Gasteiger partial charge in [0.05, 0.1) is 10.4 Å². The van der Waals surface area contributed by atoms with E-state index in [0.717, 1.165) is 25.9 Å². The highest BCUT2D eigenvalue weighted by atomic mass is 32.1. The Hall–Kier alpha value is -0.680. The lowest BCUT2D eigenvalue weighted by Crippen LogP contribution is -2.56. The Morgan fingerprint density at radius 3 is 2.74 bits per heavy atom. The van der Waals surface area contributed by atoms with Crippen LogP contribution in [0, 0.1) is 17.3 Å². The van der Waals surface area contributed by atoms with E-state index in [9.17, 15) is 4.79 Å². The number of carbonyl (C=O) groups is 1. The molecule has 1 atom stereocenters. The van der Waals surface area contributed by atoms with Crippen LogP contribution < -0.4 is 11.1 Å². The first-order chi connectivity index (χ1) is 8.94. The molecule has 3 N–H and O–H groups in total. The maximum absolute atomic E-state index is 12.4. The van der Waals surface area contributed by atoms with Gasteiger partial charge in [0.2, 0.25) is 5.91 Å². The lowest BCUT2D eigenvalue weighted by atomic mass is 9.62. The van der Waals surface area contributed by atoms with E-state index < -0.39 is 5.41 Å². The van der Waals surface area contributed by atoms with Crippen molar-refractivity contribution >= 4 is 23.1 Å². The normalized spacial score (nSPS) is 35.5. The number of amides is 1. The monoisotopic (exact) mass is 283 g/mol. The van der Waals surface area contributed by atoms with Gasteiger partial charge in [-0.15, -0.1) is 0 Å². The van der Waals surface area contributed by atoms with Crippen molar-refractivity contribution in [3.05, 3.63) is 0 Å². The fraction of sp³-hybridized carbons (Fsp3) is 0.857. The Morgan fingerprint density at radius 2 is 2.21 bits per heavy atom. The quantitative estimate of drug-likeness (QED) is 0.760. The predicted molar refractivity (Wildman–Crippen MR) is 80.8 cm³/mol. The summed E-state index contributed by atoms with van der Waals surface area (Å²) in [5, 5.41) is 3.08. The molecule has 108 valence electrons. The summed E-state index contributed by atoms with van der Waals surface area (Å²) in [4.78, 5) is 15.1. The molecule has 1 amide bonds. The topological polar surface area (TPSA) is 58.4 Å². The van der Waals surface area contributed by atoms with E-state index in [1.165, 1.54) is 19.4 Å². The van der Waals surface area contributed by atoms with Gasteiger partial charge in [0.15, 0.2) is 0 Å². The van der Waals surface area contributed by atoms with Crippen LogP contribution in [0.2, 0.25) is 0 Å². The third-order valence-corrected chi connectivity index (χ3v) is 4.96. The molecule has 2 aliphatic rings. The minimum Gasteiger partial charge on any atom is -0.392 e. The number of likely N-dealkylation sites (tertiary alicyclic amines) is 1. The van der Waals surface area contributed by atoms with E-state index in [1.807, 2.05) is 0 Å². The molecule has 4 nitrogen and oxygen atoms in total. The lowest BCUT2D eigenvalue weighted by Gasteiger charge is -2.44. The van der Waals surface area contributed by atoms with E-state index in [2.05, 4.69) is 24.2 Å². The van der Waals surface area contributed by atoms with Gasteiger partial charge < -0.3 is 16.0 Å². The molecule has 1 aliphatic heterocycles. The molecule has 1 saturated carbocycles. The molecule has 19 heavy (non-hydrogen) atoms. The molecule has 1 heterocycles. The van der Waals surface area contributed by atoms with Gasteiger partial charge >= 0.3 is 0 Å². The zero-order chi connectivity index (χ0) is 14.0. The first-order valence-corrected chi connectivity index (χ1v) is 7.61. The van der Waals surface area contributed by atoms with Gasteiger partial charge in [0.25, 0.3) is 0 Å². The second-order valence-corrected chi connectivity index (χ2v) is 6.88. The maximum atomic E-state index is 12.4. The first kappa shape index (κ1) is 14.7. The van der Waals surface area contributed by atoms with E-state index in [1.54, 1.807) is 0 Å². The van der Waals surface area contributed by atoms with Crippen molar-refractivity contribution in [2.45, 2.75) is 32.6 Å². The van der Waals surface area contributed by atoms with Crippen LogP contribution in [0.3, 0.4) is 0 Å². The average molecular weight is 283 g/mol. The zero-order valence-corrected chi connectivity index (χ0v) is 12.8. The van der Waals surface area contributed by atoms with Gasteiger partial charge in [-0.3, -0.25) is 4.79 Å². The molecule has 2 rings (SSSR count). The van der Waals surface area contributed by atoms with Gasteiger partial charge in [-0.25, -0.2) is 0 Å². The Bertz CT molecular complexity index is 366. The van der Waals surface area contributed by atoms with Crippen molar-refractivity contribution in [1.82, 2.24) is 10.2 Å². The van der Waals surface area contributed by atoms with Crippen molar-refractivity contribution in [1.29, 1.82) is 0 Å². The SMILES string of the molecule is CC1CC(C(=O)NCC2CCCN(C)C2)(C(N)=S)C1. The molecule has 0 aromatic carbocycles. The summed E-state index contributed by atoms with van der Waals surface area (Å²) in [7, 11) is 2.14. The zero-order valence-electron chi connectivity index (χ0n) is 11.9. The second-order valence-electron chi connectivity index (χ2n) is 6.44. The molecule has 0 bridgehead atoms. The number of piperidine rings is 1. The van der Waals surface area contributed by atoms with Gasteiger partial charge in [0, 0.05) is 13.1 Å². The van der Waals surface area contributed by atoms with Crippen LogP contribution in [0.25, 0.3) is 0 Å². The number of hydrogen-bond acceptors (Lipinski definition) is 3. The summed E-state index contributed by atoms with van der Waals surface area (Å²) in [6.07, 6.45) is 4.02. The predicted octanol–water partition coefficient (Wildman–Crippen LogP) is 1.15. The molecule has 1 saturated heterocycles. The van der Waals surface area contributed by atoms with Crippen LogP contribution >= 0.6 is 12.2 Å².